The van der Waals surface area contributed by atoms with Gasteiger partial charge in [-0.1, -0.05) is 18.2 Å². The molecule has 0 aliphatic carbocycles. The monoisotopic (exact) mass is 318 g/mol. The summed E-state index contributed by atoms with van der Waals surface area (Å²) >= 11 is 0. The molecular formula is C17H15ClO4. The van der Waals surface area contributed by atoms with E-state index in [0.29, 0.717) is 29.1 Å². The first-order valence-corrected chi connectivity index (χ1v) is 6.70. The van der Waals surface area contributed by atoms with Gasteiger partial charge in [0.15, 0.2) is 5.39 Å². The summed E-state index contributed by atoms with van der Waals surface area (Å²) in [5.74, 6) is 1.000. The Labute approximate surface area is 134 Å². The summed E-state index contributed by atoms with van der Waals surface area (Å²) in [7, 11) is 0. The van der Waals surface area contributed by atoms with Crippen LogP contribution in [0, 0.1) is 0 Å². The molecule has 0 aliphatic rings. The fourth-order valence-electron chi connectivity index (χ4n) is 2.27. The number of ether oxygens (including phenoxy) is 1. The lowest BCUT2D eigenvalue weighted by Gasteiger charge is -2.05. The maximum absolute atomic E-state index is 10.0. The Kier molecular flexibility index (Phi) is 4.73. The van der Waals surface area contributed by atoms with Crippen molar-refractivity contribution in [3.63, 3.8) is 0 Å². The Bertz CT molecular complexity index is 788. The smallest absolute Gasteiger partial charge is 0.372 e. The van der Waals surface area contributed by atoms with Crippen LogP contribution < -0.4 is 17.1 Å². The number of phenolic OH excluding ortho intramolecular Hbond substituents is 2. The minimum Gasteiger partial charge on any atom is -1.00 e. The van der Waals surface area contributed by atoms with Crippen LogP contribution in [0.4, 0.5) is 0 Å². The first-order chi connectivity index (χ1) is 10.2. The molecule has 3 aromatic rings. The number of phenols is 2. The van der Waals surface area contributed by atoms with Gasteiger partial charge in [-0.2, -0.15) is 0 Å². The maximum Gasteiger partial charge on any atom is 0.372 e. The van der Waals surface area contributed by atoms with E-state index in [1.165, 1.54) is 12.1 Å². The van der Waals surface area contributed by atoms with E-state index in [9.17, 15) is 10.2 Å². The molecule has 2 N–H and O–H groups in total. The lowest BCUT2D eigenvalue weighted by Crippen LogP contribution is -3.00. The Hall–Kier alpha value is -2.46. The van der Waals surface area contributed by atoms with Crippen LogP contribution >= 0.6 is 0 Å². The topological polar surface area (TPSA) is 61.0 Å². The standard InChI is InChI=1S/C17H14O4.ClH/c1-2-20-15-10-14(11-6-4-3-5-7-11)21-16-9-12(18)8-13(19)17(15)16;/h3-10H,2H2,1H3,(H-,18,19);1H. The van der Waals surface area contributed by atoms with Crippen molar-refractivity contribution in [3.8, 4) is 28.6 Å². The number of rotatable bonds is 3. The van der Waals surface area contributed by atoms with E-state index in [1.807, 2.05) is 37.3 Å². The lowest BCUT2D eigenvalue weighted by atomic mass is 10.1. The molecule has 0 atom stereocenters. The van der Waals surface area contributed by atoms with Crippen LogP contribution in [-0.2, 0) is 0 Å². The van der Waals surface area contributed by atoms with Crippen molar-refractivity contribution >= 4 is 11.0 Å². The zero-order valence-electron chi connectivity index (χ0n) is 11.9. The van der Waals surface area contributed by atoms with Gasteiger partial charge in [-0.25, -0.2) is 4.42 Å². The van der Waals surface area contributed by atoms with Crippen molar-refractivity contribution in [1.29, 1.82) is 0 Å². The van der Waals surface area contributed by atoms with Gasteiger partial charge >= 0.3 is 11.3 Å². The molecular weight excluding hydrogens is 304 g/mol. The predicted octanol–water partition coefficient (Wildman–Crippen LogP) is 1.19. The molecule has 0 fully saturated rings. The van der Waals surface area contributed by atoms with Gasteiger partial charge in [-0.05, 0) is 19.1 Å². The average Bonchev–Trinajstić information content (AvgIpc) is 2.47. The second kappa shape index (κ2) is 6.54. The summed E-state index contributed by atoms with van der Waals surface area (Å²) in [6, 6.07) is 14.1. The van der Waals surface area contributed by atoms with Crippen LogP contribution in [0.1, 0.15) is 6.92 Å². The Morgan fingerprint density at radius 3 is 2.45 bits per heavy atom. The molecule has 0 saturated heterocycles. The van der Waals surface area contributed by atoms with Gasteiger partial charge in [-0.3, -0.25) is 0 Å². The zero-order chi connectivity index (χ0) is 14.8. The Morgan fingerprint density at radius 1 is 1.05 bits per heavy atom. The van der Waals surface area contributed by atoms with Gasteiger partial charge in [-0.15, -0.1) is 0 Å². The van der Waals surface area contributed by atoms with Crippen molar-refractivity contribution in [2.45, 2.75) is 6.92 Å². The van der Waals surface area contributed by atoms with Crippen molar-refractivity contribution in [1.82, 2.24) is 0 Å². The molecule has 0 unspecified atom stereocenters. The summed E-state index contributed by atoms with van der Waals surface area (Å²) in [4.78, 5) is 0. The number of fused-ring (bicyclic) bond motifs is 1. The summed E-state index contributed by atoms with van der Waals surface area (Å²) < 4.78 is 11.4. The van der Waals surface area contributed by atoms with E-state index < -0.39 is 0 Å². The summed E-state index contributed by atoms with van der Waals surface area (Å²) in [5, 5.41) is 20.1. The molecule has 0 aliphatic heterocycles. The molecule has 5 heteroatoms. The quantitative estimate of drug-likeness (QED) is 0.712. The van der Waals surface area contributed by atoms with E-state index in [0.717, 1.165) is 5.56 Å². The number of halogens is 1. The van der Waals surface area contributed by atoms with Crippen molar-refractivity contribution in [3.05, 3.63) is 48.5 Å². The van der Waals surface area contributed by atoms with Crippen LogP contribution in [-0.4, -0.2) is 16.8 Å². The second-order valence-electron chi connectivity index (χ2n) is 4.61. The molecule has 1 heterocycles. The highest BCUT2D eigenvalue weighted by Crippen LogP contribution is 2.39. The van der Waals surface area contributed by atoms with Crippen LogP contribution in [0.25, 0.3) is 22.3 Å². The Balaban J connectivity index is 0.00000176. The normalized spacial score (nSPS) is 10.2. The highest BCUT2D eigenvalue weighted by atomic mass is 35.5. The molecule has 0 amide bonds. The summed E-state index contributed by atoms with van der Waals surface area (Å²) in [6.07, 6.45) is 0. The number of benzene rings is 2. The zero-order valence-corrected chi connectivity index (χ0v) is 12.7. The van der Waals surface area contributed by atoms with E-state index in [4.69, 9.17) is 9.15 Å². The van der Waals surface area contributed by atoms with Crippen LogP contribution in [0.5, 0.6) is 17.2 Å². The van der Waals surface area contributed by atoms with Gasteiger partial charge in [0.1, 0.15) is 17.2 Å². The molecule has 114 valence electrons. The molecule has 3 rings (SSSR count). The minimum atomic E-state index is -0.0724. The lowest BCUT2D eigenvalue weighted by molar-refractivity contribution is -0.00000750. The van der Waals surface area contributed by atoms with E-state index in [-0.39, 0.29) is 23.9 Å². The number of aromatic hydroxyl groups is 2. The van der Waals surface area contributed by atoms with Gasteiger partial charge < -0.3 is 27.4 Å². The van der Waals surface area contributed by atoms with Gasteiger partial charge in [0.05, 0.1) is 24.3 Å². The molecule has 0 spiro atoms. The fraction of sp³-hybridized carbons (Fsp3) is 0.118. The molecule has 2 aromatic carbocycles. The van der Waals surface area contributed by atoms with Gasteiger partial charge in [0.25, 0.3) is 0 Å². The van der Waals surface area contributed by atoms with Crippen molar-refractivity contribution in [2.24, 2.45) is 0 Å². The van der Waals surface area contributed by atoms with E-state index >= 15 is 0 Å². The van der Waals surface area contributed by atoms with E-state index in [1.54, 1.807) is 6.07 Å². The minimum absolute atomic E-state index is 0. The molecule has 0 radical (unpaired) electrons. The SMILES string of the molecule is CCOc1cc(-c2ccccc2)[o+]c2cc(O)cc(O)c12.[Cl-]. The average molecular weight is 319 g/mol. The van der Waals surface area contributed by atoms with Crippen molar-refractivity contribution < 1.29 is 31.8 Å². The molecule has 22 heavy (non-hydrogen) atoms. The van der Waals surface area contributed by atoms with Crippen LogP contribution in [0.2, 0.25) is 0 Å². The largest absolute Gasteiger partial charge is 1.00 e. The first kappa shape index (κ1) is 15.9. The molecule has 0 bridgehead atoms. The van der Waals surface area contributed by atoms with Crippen LogP contribution in [0.15, 0.2) is 52.9 Å². The first-order valence-electron chi connectivity index (χ1n) is 6.70. The number of hydrogen-bond donors (Lipinski definition) is 2. The third kappa shape index (κ3) is 2.92. The third-order valence-corrected chi connectivity index (χ3v) is 3.15. The molecule has 0 saturated carbocycles. The summed E-state index contributed by atoms with van der Waals surface area (Å²) in [5.41, 5.74) is 1.26. The number of hydrogen-bond acceptors (Lipinski definition) is 3. The predicted molar refractivity (Wildman–Crippen MR) is 80.6 cm³/mol. The summed E-state index contributed by atoms with van der Waals surface area (Å²) in [6.45, 7) is 2.34. The van der Waals surface area contributed by atoms with Crippen LogP contribution in [0.3, 0.4) is 0 Å². The molecule has 4 nitrogen and oxygen atoms in total. The fourth-order valence-corrected chi connectivity index (χ4v) is 2.27. The third-order valence-electron chi connectivity index (χ3n) is 3.15. The van der Waals surface area contributed by atoms with Gasteiger partial charge in [0, 0.05) is 6.07 Å². The highest BCUT2D eigenvalue weighted by molar-refractivity contribution is 5.92. The van der Waals surface area contributed by atoms with Gasteiger partial charge in [0.2, 0.25) is 0 Å². The van der Waals surface area contributed by atoms with Crippen molar-refractivity contribution in [2.75, 3.05) is 6.61 Å². The van der Waals surface area contributed by atoms with E-state index in [2.05, 4.69) is 0 Å². The Morgan fingerprint density at radius 2 is 1.77 bits per heavy atom. The second-order valence-corrected chi connectivity index (χ2v) is 4.61. The molecule has 1 aromatic heterocycles. The maximum atomic E-state index is 10.0. The highest BCUT2D eigenvalue weighted by Gasteiger charge is 2.23.